The second kappa shape index (κ2) is 5.00. The zero-order valence-corrected chi connectivity index (χ0v) is 8.84. The van der Waals surface area contributed by atoms with E-state index in [1.165, 1.54) is 6.21 Å². The summed E-state index contributed by atoms with van der Waals surface area (Å²) < 4.78 is 5.35. The maximum atomic E-state index is 7.03. The lowest BCUT2D eigenvalue weighted by Gasteiger charge is -2.30. The number of allylic oxidation sites excluding steroid dienone is 2. The third kappa shape index (κ3) is 2.73. The first kappa shape index (κ1) is 11.0. The monoisotopic (exact) mass is 197 g/mol. The Morgan fingerprint density at radius 1 is 1.64 bits per heavy atom. The molecule has 0 aliphatic carbocycles. The Hall–Kier alpha value is -1.03. The molecular formula is C10H19N3O. The molecule has 0 saturated carbocycles. The molecule has 14 heavy (non-hydrogen) atoms. The number of hydrogen-bond donors (Lipinski definition) is 3. The van der Waals surface area contributed by atoms with E-state index in [1.54, 1.807) is 0 Å². The molecule has 0 spiro atoms. The summed E-state index contributed by atoms with van der Waals surface area (Å²) in [4.78, 5) is 0. The van der Waals surface area contributed by atoms with E-state index in [0.717, 1.165) is 25.3 Å². The van der Waals surface area contributed by atoms with E-state index in [1.807, 2.05) is 6.92 Å². The number of nitrogens with one attached hydrogen (secondary N) is 2. The first-order chi connectivity index (χ1) is 6.65. The van der Waals surface area contributed by atoms with Gasteiger partial charge in [-0.1, -0.05) is 6.92 Å². The minimum atomic E-state index is 0.419. The van der Waals surface area contributed by atoms with Crippen molar-refractivity contribution in [2.75, 3.05) is 13.2 Å². The van der Waals surface area contributed by atoms with Gasteiger partial charge in [-0.05, 0) is 19.3 Å². The van der Waals surface area contributed by atoms with Crippen molar-refractivity contribution in [1.29, 1.82) is 5.41 Å². The van der Waals surface area contributed by atoms with Crippen molar-refractivity contribution in [1.82, 2.24) is 5.32 Å². The minimum absolute atomic E-state index is 0.419. The van der Waals surface area contributed by atoms with E-state index in [0.29, 0.717) is 17.7 Å². The molecule has 1 aliphatic rings. The maximum Gasteiger partial charge on any atom is 0.0682 e. The summed E-state index contributed by atoms with van der Waals surface area (Å²) in [6.45, 7) is 5.67. The van der Waals surface area contributed by atoms with Crippen LogP contribution in [0.5, 0.6) is 0 Å². The van der Waals surface area contributed by atoms with E-state index in [9.17, 15) is 0 Å². The molecule has 2 atom stereocenters. The highest BCUT2D eigenvalue weighted by molar-refractivity contribution is 5.75. The van der Waals surface area contributed by atoms with Gasteiger partial charge in [0.15, 0.2) is 0 Å². The molecule has 1 saturated heterocycles. The average molecular weight is 197 g/mol. The van der Waals surface area contributed by atoms with Crippen molar-refractivity contribution < 1.29 is 4.74 Å². The molecule has 4 N–H and O–H groups in total. The third-order valence-electron chi connectivity index (χ3n) is 2.63. The Labute approximate surface area is 85.0 Å². The van der Waals surface area contributed by atoms with Gasteiger partial charge in [-0.25, -0.2) is 0 Å². The van der Waals surface area contributed by atoms with Crippen LogP contribution in [0.15, 0.2) is 11.4 Å². The summed E-state index contributed by atoms with van der Waals surface area (Å²) in [5, 5.41) is 10.4. The van der Waals surface area contributed by atoms with Crippen LogP contribution in [-0.2, 0) is 4.74 Å². The van der Waals surface area contributed by atoms with E-state index in [2.05, 4.69) is 12.2 Å². The lowest BCUT2D eigenvalue weighted by atomic mass is 9.97. The van der Waals surface area contributed by atoms with Crippen molar-refractivity contribution >= 4 is 6.21 Å². The van der Waals surface area contributed by atoms with Gasteiger partial charge in [-0.15, -0.1) is 0 Å². The molecule has 4 nitrogen and oxygen atoms in total. The molecule has 0 aromatic heterocycles. The van der Waals surface area contributed by atoms with E-state index < -0.39 is 0 Å². The zero-order valence-electron chi connectivity index (χ0n) is 8.84. The van der Waals surface area contributed by atoms with Crippen molar-refractivity contribution in [2.45, 2.75) is 26.3 Å². The van der Waals surface area contributed by atoms with Gasteiger partial charge in [0.25, 0.3) is 0 Å². The number of rotatable bonds is 3. The molecule has 1 heterocycles. The van der Waals surface area contributed by atoms with Crippen LogP contribution in [0.3, 0.4) is 0 Å². The molecular weight excluding hydrogens is 178 g/mol. The number of hydrogen-bond acceptors (Lipinski definition) is 4. The smallest absolute Gasteiger partial charge is 0.0682 e. The predicted octanol–water partition coefficient (Wildman–Crippen LogP) is 0.841. The molecule has 4 heteroatoms. The predicted molar refractivity (Wildman–Crippen MR) is 57.2 cm³/mol. The van der Waals surface area contributed by atoms with E-state index in [-0.39, 0.29) is 0 Å². The normalized spacial score (nSPS) is 29.3. The van der Waals surface area contributed by atoms with Crippen molar-refractivity contribution in [3.05, 3.63) is 11.4 Å². The van der Waals surface area contributed by atoms with Gasteiger partial charge < -0.3 is 21.2 Å². The van der Waals surface area contributed by atoms with Gasteiger partial charge >= 0.3 is 0 Å². The SMILES string of the molecule is C/C(NC1CCOCC1C)=C(\N)C=N. The summed E-state index contributed by atoms with van der Waals surface area (Å²) in [6, 6.07) is 0.419. The third-order valence-corrected chi connectivity index (χ3v) is 2.63. The van der Waals surface area contributed by atoms with Crippen LogP contribution in [0.2, 0.25) is 0 Å². The Morgan fingerprint density at radius 2 is 2.36 bits per heavy atom. The zero-order chi connectivity index (χ0) is 10.6. The molecule has 0 aromatic carbocycles. The summed E-state index contributed by atoms with van der Waals surface area (Å²) in [5.74, 6) is 0.497. The molecule has 80 valence electrons. The van der Waals surface area contributed by atoms with E-state index >= 15 is 0 Å². The summed E-state index contributed by atoms with van der Waals surface area (Å²) >= 11 is 0. The molecule has 1 rings (SSSR count). The largest absolute Gasteiger partial charge is 0.396 e. The lowest BCUT2D eigenvalue weighted by Crippen LogP contribution is -2.41. The summed E-state index contributed by atoms with van der Waals surface area (Å²) in [5.41, 5.74) is 7.01. The number of nitrogens with two attached hydrogens (primary N) is 1. The van der Waals surface area contributed by atoms with Crippen LogP contribution in [0.1, 0.15) is 20.3 Å². The van der Waals surface area contributed by atoms with Gasteiger partial charge in [-0.2, -0.15) is 0 Å². The maximum absolute atomic E-state index is 7.03. The summed E-state index contributed by atoms with van der Waals surface area (Å²) in [6.07, 6.45) is 2.18. The van der Waals surface area contributed by atoms with Crippen LogP contribution in [-0.4, -0.2) is 25.5 Å². The van der Waals surface area contributed by atoms with Gasteiger partial charge in [0.1, 0.15) is 0 Å². The molecule has 0 bridgehead atoms. The molecule has 1 fully saturated rings. The number of ether oxygens (including phenoxy) is 1. The molecule has 0 radical (unpaired) electrons. The highest BCUT2D eigenvalue weighted by Gasteiger charge is 2.21. The Bertz CT molecular complexity index is 238. The van der Waals surface area contributed by atoms with Gasteiger partial charge in [-0.3, -0.25) is 0 Å². The van der Waals surface area contributed by atoms with Crippen molar-refractivity contribution in [2.24, 2.45) is 11.7 Å². The Morgan fingerprint density at radius 3 is 2.93 bits per heavy atom. The first-order valence-corrected chi connectivity index (χ1v) is 4.96. The molecule has 0 amide bonds. The van der Waals surface area contributed by atoms with Gasteiger partial charge in [0.2, 0.25) is 0 Å². The van der Waals surface area contributed by atoms with Crippen LogP contribution < -0.4 is 11.1 Å². The Kier molecular flexibility index (Phi) is 3.95. The fourth-order valence-corrected chi connectivity index (χ4v) is 1.56. The quantitative estimate of drug-likeness (QED) is 0.587. The molecule has 2 unspecified atom stereocenters. The second-order valence-corrected chi connectivity index (χ2v) is 3.82. The summed E-state index contributed by atoms with van der Waals surface area (Å²) in [7, 11) is 0. The van der Waals surface area contributed by atoms with Crippen LogP contribution in [0.25, 0.3) is 0 Å². The fourth-order valence-electron chi connectivity index (χ4n) is 1.56. The first-order valence-electron chi connectivity index (χ1n) is 4.96. The highest BCUT2D eigenvalue weighted by Crippen LogP contribution is 2.15. The standard InChI is InChI=1S/C10H19N3O/c1-7-6-14-4-3-10(7)13-8(2)9(12)5-11/h5,7,10-11,13H,3-4,6,12H2,1-2H3/b9-8+,11-5?. The van der Waals surface area contributed by atoms with Gasteiger partial charge in [0, 0.05) is 24.6 Å². The van der Waals surface area contributed by atoms with Gasteiger partial charge in [0.05, 0.1) is 12.3 Å². The minimum Gasteiger partial charge on any atom is -0.396 e. The fraction of sp³-hybridized carbons (Fsp3) is 0.700. The van der Waals surface area contributed by atoms with Crippen LogP contribution in [0.4, 0.5) is 0 Å². The van der Waals surface area contributed by atoms with Crippen LogP contribution in [0, 0.1) is 11.3 Å². The second-order valence-electron chi connectivity index (χ2n) is 3.82. The molecule has 0 aromatic rings. The average Bonchev–Trinajstić information content (AvgIpc) is 2.20. The van der Waals surface area contributed by atoms with Crippen LogP contribution >= 0.6 is 0 Å². The van der Waals surface area contributed by atoms with E-state index in [4.69, 9.17) is 15.9 Å². The lowest BCUT2D eigenvalue weighted by molar-refractivity contribution is 0.0417. The molecule has 1 aliphatic heterocycles. The van der Waals surface area contributed by atoms with Crippen molar-refractivity contribution in [3.63, 3.8) is 0 Å². The van der Waals surface area contributed by atoms with Crippen molar-refractivity contribution in [3.8, 4) is 0 Å². The topological polar surface area (TPSA) is 71.1 Å². The highest BCUT2D eigenvalue weighted by atomic mass is 16.5. The Balaban J connectivity index is 2.54.